The van der Waals surface area contributed by atoms with Gasteiger partial charge in [-0.2, -0.15) is 0 Å². The Hall–Kier alpha value is -2.02. The summed E-state index contributed by atoms with van der Waals surface area (Å²) in [6.45, 7) is 2.21. The second-order valence-corrected chi connectivity index (χ2v) is 4.41. The van der Waals surface area contributed by atoms with Gasteiger partial charge in [-0.3, -0.25) is 19.8 Å². The maximum atomic E-state index is 13.6. The number of nitrogens with zero attached hydrogens (tertiary/aromatic N) is 2. The van der Waals surface area contributed by atoms with E-state index in [1.54, 1.807) is 0 Å². The third-order valence-electron chi connectivity index (χ3n) is 3.06. The van der Waals surface area contributed by atoms with Crippen LogP contribution in [0.4, 0.5) is 10.1 Å². The van der Waals surface area contributed by atoms with Crippen molar-refractivity contribution in [1.29, 1.82) is 0 Å². The molecule has 1 aliphatic heterocycles. The van der Waals surface area contributed by atoms with Crippen LogP contribution in [0.5, 0.6) is 0 Å². The van der Waals surface area contributed by atoms with Crippen LogP contribution in [-0.2, 0) is 11.2 Å². The first-order valence-electron chi connectivity index (χ1n) is 5.98. The second kappa shape index (κ2) is 5.75. The van der Waals surface area contributed by atoms with E-state index in [9.17, 15) is 19.3 Å². The number of halogens is 1. The number of nitro benzene ring substituents is 1. The summed E-state index contributed by atoms with van der Waals surface area (Å²) < 4.78 is 13.6. The van der Waals surface area contributed by atoms with Crippen molar-refractivity contribution >= 4 is 11.6 Å². The molecule has 1 saturated heterocycles. The van der Waals surface area contributed by atoms with Gasteiger partial charge < -0.3 is 5.32 Å². The van der Waals surface area contributed by atoms with Crippen LogP contribution in [0.2, 0.25) is 0 Å². The number of non-ortho nitro benzene ring substituents is 1. The van der Waals surface area contributed by atoms with Gasteiger partial charge in [-0.25, -0.2) is 4.39 Å². The first kappa shape index (κ1) is 13.4. The summed E-state index contributed by atoms with van der Waals surface area (Å²) in [5, 5.41) is 13.2. The van der Waals surface area contributed by atoms with Crippen molar-refractivity contribution in [1.82, 2.24) is 10.2 Å². The lowest BCUT2D eigenvalue weighted by molar-refractivity contribution is -0.385. The Labute approximate surface area is 109 Å². The molecule has 0 aromatic heterocycles. The van der Waals surface area contributed by atoms with E-state index in [1.807, 2.05) is 4.90 Å². The van der Waals surface area contributed by atoms with Gasteiger partial charge in [-0.15, -0.1) is 0 Å². The topological polar surface area (TPSA) is 75.5 Å². The lowest BCUT2D eigenvalue weighted by Gasteiger charge is -2.26. The molecule has 0 aliphatic carbocycles. The molecule has 0 atom stereocenters. The summed E-state index contributed by atoms with van der Waals surface area (Å²) in [7, 11) is 0. The average molecular weight is 267 g/mol. The number of rotatable bonds is 4. The molecule has 2 rings (SSSR count). The molecule has 0 saturated carbocycles. The molecule has 0 unspecified atom stereocenters. The number of amides is 1. The van der Waals surface area contributed by atoms with Crippen LogP contribution in [0.3, 0.4) is 0 Å². The average Bonchev–Trinajstić information content (AvgIpc) is 2.37. The molecule has 19 heavy (non-hydrogen) atoms. The highest BCUT2D eigenvalue weighted by molar-refractivity contribution is 5.78. The smallest absolute Gasteiger partial charge is 0.272 e. The van der Waals surface area contributed by atoms with Crippen LogP contribution in [-0.4, -0.2) is 41.9 Å². The van der Waals surface area contributed by atoms with E-state index in [-0.39, 0.29) is 11.6 Å². The van der Waals surface area contributed by atoms with Gasteiger partial charge in [0.1, 0.15) is 5.82 Å². The van der Waals surface area contributed by atoms with E-state index in [4.69, 9.17) is 0 Å². The highest BCUT2D eigenvalue weighted by Crippen LogP contribution is 2.17. The SMILES string of the molecule is O=C1CN(CCc2ccc([N+](=O)[O-])cc2F)CCN1. The maximum absolute atomic E-state index is 13.6. The van der Waals surface area contributed by atoms with Crippen LogP contribution in [0.1, 0.15) is 5.56 Å². The van der Waals surface area contributed by atoms with Crippen LogP contribution in [0.15, 0.2) is 18.2 Å². The van der Waals surface area contributed by atoms with E-state index >= 15 is 0 Å². The van der Waals surface area contributed by atoms with Gasteiger partial charge in [0.2, 0.25) is 5.91 Å². The first-order valence-corrected chi connectivity index (χ1v) is 5.98. The van der Waals surface area contributed by atoms with Crippen molar-refractivity contribution in [3.05, 3.63) is 39.7 Å². The Kier molecular flexibility index (Phi) is 4.06. The Bertz CT molecular complexity index is 507. The number of carbonyl (C=O) groups is 1. The Morgan fingerprint density at radius 2 is 2.26 bits per heavy atom. The van der Waals surface area contributed by atoms with E-state index in [0.29, 0.717) is 31.6 Å². The number of hydrogen-bond donors (Lipinski definition) is 1. The lowest BCUT2D eigenvalue weighted by Crippen LogP contribution is -2.48. The number of piperazine rings is 1. The van der Waals surface area contributed by atoms with Crippen LogP contribution in [0, 0.1) is 15.9 Å². The molecule has 1 aromatic carbocycles. The zero-order valence-corrected chi connectivity index (χ0v) is 10.3. The van der Waals surface area contributed by atoms with Gasteiger partial charge in [0.05, 0.1) is 17.5 Å². The minimum absolute atomic E-state index is 0.0320. The molecule has 1 amide bonds. The fourth-order valence-corrected chi connectivity index (χ4v) is 2.01. The number of carbonyl (C=O) groups excluding carboxylic acids is 1. The van der Waals surface area contributed by atoms with Crippen molar-refractivity contribution in [2.45, 2.75) is 6.42 Å². The summed E-state index contributed by atoms with van der Waals surface area (Å²) in [6, 6.07) is 3.65. The molecular formula is C12H14FN3O3. The van der Waals surface area contributed by atoms with Crippen LogP contribution in [0.25, 0.3) is 0 Å². The number of nitro groups is 1. The van der Waals surface area contributed by atoms with Gasteiger partial charge in [-0.05, 0) is 18.1 Å². The second-order valence-electron chi connectivity index (χ2n) is 4.41. The molecular weight excluding hydrogens is 253 g/mol. The normalized spacial score (nSPS) is 16.2. The maximum Gasteiger partial charge on any atom is 0.272 e. The van der Waals surface area contributed by atoms with Gasteiger partial charge in [0.15, 0.2) is 0 Å². The zero-order valence-electron chi connectivity index (χ0n) is 10.3. The molecule has 0 spiro atoms. The summed E-state index contributed by atoms with van der Waals surface area (Å²) >= 11 is 0. The van der Waals surface area contributed by atoms with Crippen molar-refractivity contribution in [2.75, 3.05) is 26.2 Å². The molecule has 1 fully saturated rings. The molecule has 0 bridgehead atoms. The van der Waals surface area contributed by atoms with E-state index < -0.39 is 10.7 Å². The number of nitrogens with one attached hydrogen (secondary N) is 1. The molecule has 102 valence electrons. The molecule has 1 heterocycles. The zero-order chi connectivity index (χ0) is 13.8. The van der Waals surface area contributed by atoms with E-state index in [1.165, 1.54) is 12.1 Å². The summed E-state index contributed by atoms with van der Waals surface area (Å²) in [5.74, 6) is -0.605. The monoisotopic (exact) mass is 267 g/mol. The van der Waals surface area contributed by atoms with Gasteiger partial charge in [0, 0.05) is 25.7 Å². The third-order valence-corrected chi connectivity index (χ3v) is 3.06. The quantitative estimate of drug-likeness (QED) is 0.644. The fourth-order valence-electron chi connectivity index (χ4n) is 2.01. The molecule has 1 N–H and O–H groups in total. The largest absolute Gasteiger partial charge is 0.354 e. The fraction of sp³-hybridized carbons (Fsp3) is 0.417. The third kappa shape index (κ3) is 3.47. The molecule has 0 radical (unpaired) electrons. The Balaban J connectivity index is 1.96. The minimum atomic E-state index is -0.623. The molecule has 7 heteroatoms. The van der Waals surface area contributed by atoms with Crippen molar-refractivity contribution in [3.8, 4) is 0 Å². The number of benzene rings is 1. The van der Waals surface area contributed by atoms with E-state index in [2.05, 4.69) is 5.32 Å². The van der Waals surface area contributed by atoms with Crippen LogP contribution < -0.4 is 5.32 Å². The summed E-state index contributed by atoms with van der Waals surface area (Å²) in [6.07, 6.45) is 0.428. The first-order chi connectivity index (χ1) is 9.06. The lowest BCUT2D eigenvalue weighted by atomic mass is 10.1. The van der Waals surface area contributed by atoms with Gasteiger partial charge in [-0.1, -0.05) is 0 Å². The summed E-state index contributed by atoms with van der Waals surface area (Å²) in [4.78, 5) is 23.0. The highest BCUT2D eigenvalue weighted by Gasteiger charge is 2.17. The molecule has 1 aliphatic rings. The Morgan fingerprint density at radius 1 is 1.47 bits per heavy atom. The van der Waals surface area contributed by atoms with Crippen molar-refractivity contribution < 1.29 is 14.1 Å². The van der Waals surface area contributed by atoms with Gasteiger partial charge >= 0.3 is 0 Å². The molecule has 6 nitrogen and oxygen atoms in total. The number of hydrogen-bond acceptors (Lipinski definition) is 4. The Morgan fingerprint density at radius 3 is 2.89 bits per heavy atom. The van der Waals surface area contributed by atoms with Crippen molar-refractivity contribution in [3.63, 3.8) is 0 Å². The standard InChI is InChI=1S/C12H14FN3O3/c13-11-7-10(16(18)19)2-1-9(11)3-5-15-6-4-14-12(17)8-15/h1-2,7H,3-6,8H2,(H,14,17). The highest BCUT2D eigenvalue weighted by atomic mass is 19.1. The van der Waals surface area contributed by atoms with Gasteiger partial charge in [0.25, 0.3) is 5.69 Å². The predicted octanol–water partition coefficient (Wildman–Crippen LogP) is 0.708. The van der Waals surface area contributed by atoms with Crippen LogP contribution >= 0.6 is 0 Å². The van der Waals surface area contributed by atoms with Crippen molar-refractivity contribution in [2.24, 2.45) is 0 Å². The summed E-state index contributed by atoms with van der Waals surface area (Å²) in [5.41, 5.74) is 0.176. The minimum Gasteiger partial charge on any atom is -0.354 e. The predicted molar refractivity (Wildman–Crippen MR) is 66.2 cm³/mol. The molecule has 1 aromatic rings. The van der Waals surface area contributed by atoms with E-state index in [0.717, 1.165) is 12.6 Å².